The lowest BCUT2D eigenvalue weighted by atomic mass is 10.0. The van der Waals surface area contributed by atoms with Crippen LogP contribution in [0.15, 0.2) is 24.7 Å². The topological polar surface area (TPSA) is 68.8 Å². The molecule has 2 aromatic rings. The highest BCUT2D eigenvalue weighted by Gasteiger charge is 2.15. The van der Waals surface area contributed by atoms with Gasteiger partial charge in [-0.15, -0.1) is 0 Å². The minimum Gasteiger partial charge on any atom is -0.338 e. The van der Waals surface area contributed by atoms with E-state index in [0.29, 0.717) is 0 Å². The average Bonchev–Trinajstić information content (AvgIpc) is 2.78. The standard InChI is InChI=1S/C14H21N5/c1-10-8-11(2)14(17-9-10)12(18-15)4-5-13-16-6-7-19(13)3/h6-9,12,18H,4-5,15H2,1-3H3. The van der Waals surface area contributed by atoms with Crippen LogP contribution in [0.5, 0.6) is 0 Å². The zero-order valence-corrected chi connectivity index (χ0v) is 11.7. The van der Waals surface area contributed by atoms with E-state index in [2.05, 4.69) is 28.4 Å². The Balaban J connectivity index is 2.10. The molecule has 0 radical (unpaired) electrons. The maximum Gasteiger partial charge on any atom is 0.108 e. The first kappa shape index (κ1) is 13.7. The second-order valence-corrected chi connectivity index (χ2v) is 4.93. The molecule has 0 aliphatic rings. The van der Waals surface area contributed by atoms with Gasteiger partial charge in [-0.25, -0.2) is 4.98 Å². The minimum absolute atomic E-state index is 0.0531. The number of rotatable bonds is 5. The lowest BCUT2D eigenvalue weighted by molar-refractivity contribution is 0.493. The van der Waals surface area contributed by atoms with Crippen LogP contribution in [0.25, 0.3) is 0 Å². The van der Waals surface area contributed by atoms with Gasteiger partial charge in [0.15, 0.2) is 0 Å². The van der Waals surface area contributed by atoms with Crippen LogP contribution < -0.4 is 11.3 Å². The lowest BCUT2D eigenvalue weighted by Gasteiger charge is -2.17. The van der Waals surface area contributed by atoms with E-state index in [1.54, 1.807) is 0 Å². The summed E-state index contributed by atoms with van der Waals surface area (Å²) in [6.45, 7) is 4.11. The fraction of sp³-hybridized carbons (Fsp3) is 0.429. The number of imidazole rings is 1. The summed E-state index contributed by atoms with van der Waals surface area (Å²) in [4.78, 5) is 8.83. The Morgan fingerprint density at radius 3 is 2.74 bits per heavy atom. The van der Waals surface area contributed by atoms with Crippen molar-refractivity contribution in [2.75, 3.05) is 0 Å². The monoisotopic (exact) mass is 259 g/mol. The van der Waals surface area contributed by atoms with E-state index in [1.165, 1.54) is 11.1 Å². The number of nitrogens with zero attached hydrogens (tertiary/aromatic N) is 3. The zero-order valence-electron chi connectivity index (χ0n) is 11.7. The summed E-state index contributed by atoms with van der Waals surface area (Å²) >= 11 is 0. The zero-order chi connectivity index (χ0) is 13.8. The van der Waals surface area contributed by atoms with Gasteiger partial charge < -0.3 is 4.57 Å². The van der Waals surface area contributed by atoms with Crippen LogP contribution in [0.3, 0.4) is 0 Å². The Hall–Kier alpha value is -1.72. The predicted octanol–water partition coefficient (Wildman–Crippen LogP) is 1.57. The summed E-state index contributed by atoms with van der Waals surface area (Å²) in [5, 5.41) is 0. The molecule has 5 nitrogen and oxygen atoms in total. The van der Waals surface area contributed by atoms with Gasteiger partial charge in [-0.3, -0.25) is 16.3 Å². The van der Waals surface area contributed by atoms with Crippen molar-refractivity contribution in [3.8, 4) is 0 Å². The molecule has 0 aromatic carbocycles. The lowest BCUT2D eigenvalue weighted by Crippen LogP contribution is -2.30. The number of hydrazine groups is 1. The highest BCUT2D eigenvalue weighted by molar-refractivity contribution is 5.25. The van der Waals surface area contributed by atoms with Crippen molar-refractivity contribution in [1.29, 1.82) is 0 Å². The first-order chi connectivity index (χ1) is 9.11. The molecule has 2 heterocycles. The molecule has 102 valence electrons. The van der Waals surface area contributed by atoms with E-state index in [-0.39, 0.29) is 6.04 Å². The van der Waals surface area contributed by atoms with Gasteiger partial charge in [-0.2, -0.15) is 0 Å². The van der Waals surface area contributed by atoms with Crippen molar-refractivity contribution < 1.29 is 0 Å². The van der Waals surface area contributed by atoms with Gasteiger partial charge in [0.05, 0.1) is 11.7 Å². The Labute approximate surface area is 113 Å². The summed E-state index contributed by atoms with van der Waals surface area (Å²) in [6.07, 6.45) is 7.39. The maximum absolute atomic E-state index is 5.67. The molecule has 1 atom stereocenters. The van der Waals surface area contributed by atoms with E-state index in [9.17, 15) is 0 Å². The van der Waals surface area contributed by atoms with Gasteiger partial charge in [-0.05, 0) is 31.4 Å². The quantitative estimate of drug-likeness (QED) is 0.631. The highest BCUT2D eigenvalue weighted by Crippen LogP contribution is 2.20. The third kappa shape index (κ3) is 3.19. The Morgan fingerprint density at radius 1 is 1.37 bits per heavy atom. The Morgan fingerprint density at radius 2 is 2.16 bits per heavy atom. The molecular weight excluding hydrogens is 238 g/mol. The van der Waals surface area contributed by atoms with Crippen molar-refractivity contribution in [2.24, 2.45) is 12.9 Å². The largest absolute Gasteiger partial charge is 0.338 e. The van der Waals surface area contributed by atoms with Gasteiger partial charge in [-0.1, -0.05) is 6.07 Å². The fourth-order valence-electron chi connectivity index (χ4n) is 2.30. The summed E-state index contributed by atoms with van der Waals surface area (Å²) in [7, 11) is 2.00. The van der Waals surface area contributed by atoms with E-state index < -0.39 is 0 Å². The molecule has 0 spiro atoms. The number of nitrogens with two attached hydrogens (primary N) is 1. The minimum atomic E-state index is 0.0531. The van der Waals surface area contributed by atoms with E-state index in [0.717, 1.165) is 24.4 Å². The molecule has 1 unspecified atom stereocenters. The smallest absolute Gasteiger partial charge is 0.108 e. The van der Waals surface area contributed by atoms with Gasteiger partial charge >= 0.3 is 0 Å². The molecule has 0 fully saturated rings. The second-order valence-electron chi connectivity index (χ2n) is 4.93. The number of aromatic nitrogens is 3. The maximum atomic E-state index is 5.67. The second kappa shape index (κ2) is 5.95. The molecule has 0 aliphatic heterocycles. The van der Waals surface area contributed by atoms with Crippen molar-refractivity contribution in [2.45, 2.75) is 32.7 Å². The summed E-state index contributed by atoms with van der Waals surface area (Å²) in [5.74, 6) is 6.73. The number of pyridine rings is 1. The van der Waals surface area contributed by atoms with Crippen LogP contribution in [0.4, 0.5) is 0 Å². The molecule has 0 saturated carbocycles. The molecule has 2 aromatic heterocycles. The molecule has 0 amide bonds. The van der Waals surface area contributed by atoms with Crippen molar-refractivity contribution >= 4 is 0 Å². The highest BCUT2D eigenvalue weighted by atomic mass is 15.2. The number of hydrogen-bond donors (Lipinski definition) is 2. The van der Waals surface area contributed by atoms with Gasteiger partial charge in [0, 0.05) is 32.1 Å². The van der Waals surface area contributed by atoms with Crippen LogP contribution in [-0.4, -0.2) is 14.5 Å². The molecule has 0 saturated heterocycles. The SMILES string of the molecule is Cc1cnc(C(CCc2nccn2C)NN)c(C)c1. The van der Waals surface area contributed by atoms with E-state index in [4.69, 9.17) is 5.84 Å². The molecule has 5 heteroatoms. The molecule has 3 N–H and O–H groups in total. The van der Waals surface area contributed by atoms with Crippen LogP contribution in [0.1, 0.15) is 35.1 Å². The van der Waals surface area contributed by atoms with Gasteiger partial charge in [0.1, 0.15) is 5.82 Å². The fourth-order valence-corrected chi connectivity index (χ4v) is 2.30. The van der Waals surface area contributed by atoms with Crippen LogP contribution in [-0.2, 0) is 13.5 Å². The number of nitrogens with one attached hydrogen (secondary N) is 1. The summed E-state index contributed by atoms with van der Waals surface area (Å²) < 4.78 is 2.03. The molecule has 0 bridgehead atoms. The average molecular weight is 259 g/mol. The van der Waals surface area contributed by atoms with Crippen molar-refractivity contribution in [3.05, 3.63) is 47.3 Å². The van der Waals surface area contributed by atoms with Gasteiger partial charge in [0.25, 0.3) is 0 Å². The first-order valence-electron chi connectivity index (χ1n) is 6.47. The van der Waals surface area contributed by atoms with Crippen LogP contribution >= 0.6 is 0 Å². The molecular formula is C14H21N5. The Kier molecular flexibility index (Phi) is 4.29. The van der Waals surface area contributed by atoms with E-state index in [1.807, 2.05) is 37.1 Å². The van der Waals surface area contributed by atoms with Crippen molar-refractivity contribution in [3.63, 3.8) is 0 Å². The summed E-state index contributed by atoms with van der Waals surface area (Å²) in [6, 6.07) is 2.19. The number of hydrogen-bond acceptors (Lipinski definition) is 4. The van der Waals surface area contributed by atoms with E-state index >= 15 is 0 Å². The molecule has 2 rings (SSSR count). The third-order valence-electron chi connectivity index (χ3n) is 3.36. The first-order valence-corrected chi connectivity index (χ1v) is 6.47. The normalized spacial score (nSPS) is 12.6. The third-order valence-corrected chi connectivity index (χ3v) is 3.36. The Bertz CT molecular complexity index is 547. The molecule has 19 heavy (non-hydrogen) atoms. The predicted molar refractivity (Wildman–Crippen MR) is 75.3 cm³/mol. The summed E-state index contributed by atoms with van der Waals surface area (Å²) in [5.41, 5.74) is 6.21. The number of aryl methyl sites for hydroxylation is 4. The van der Waals surface area contributed by atoms with Crippen LogP contribution in [0, 0.1) is 13.8 Å². The van der Waals surface area contributed by atoms with Crippen molar-refractivity contribution in [1.82, 2.24) is 20.0 Å². The van der Waals surface area contributed by atoms with Gasteiger partial charge in [0.2, 0.25) is 0 Å². The molecule has 0 aliphatic carbocycles. The van der Waals surface area contributed by atoms with Crippen LogP contribution in [0.2, 0.25) is 0 Å².